The number of nitrogens with zero attached hydrogens (tertiary/aromatic N) is 3. The molecule has 0 fully saturated rings. The molecule has 0 spiro atoms. The van der Waals surface area contributed by atoms with Crippen LogP contribution in [0.1, 0.15) is 32.2 Å². The van der Waals surface area contributed by atoms with Gasteiger partial charge >= 0.3 is 0 Å². The third kappa shape index (κ3) is 3.51. The lowest BCUT2D eigenvalue weighted by Gasteiger charge is -2.18. The lowest BCUT2D eigenvalue weighted by atomic mass is 10.0. The van der Waals surface area contributed by atoms with Crippen molar-refractivity contribution in [3.63, 3.8) is 0 Å². The van der Waals surface area contributed by atoms with Crippen LogP contribution in [0.15, 0.2) is 30.3 Å². The fourth-order valence-corrected chi connectivity index (χ4v) is 4.12. The number of rotatable bonds is 4. The molecule has 0 saturated carbocycles. The van der Waals surface area contributed by atoms with Gasteiger partial charge < -0.3 is 10.6 Å². The molecule has 3 heterocycles. The maximum absolute atomic E-state index is 12.6. The van der Waals surface area contributed by atoms with Crippen LogP contribution >= 0.6 is 22.9 Å². The van der Waals surface area contributed by atoms with Gasteiger partial charge in [-0.1, -0.05) is 22.9 Å². The molecule has 0 unspecified atom stereocenters. The van der Waals surface area contributed by atoms with Gasteiger partial charge in [0.25, 0.3) is 5.91 Å². The second kappa shape index (κ2) is 7.19. The molecule has 4 rings (SSSR count). The van der Waals surface area contributed by atoms with Gasteiger partial charge in [-0.15, -0.1) is 16.4 Å². The van der Waals surface area contributed by atoms with Gasteiger partial charge in [0.2, 0.25) is 0 Å². The van der Waals surface area contributed by atoms with Crippen molar-refractivity contribution in [2.45, 2.75) is 26.4 Å². The van der Waals surface area contributed by atoms with Crippen LogP contribution in [0.25, 0.3) is 0 Å². The number of amides is 1. The quantitative estimate of drug-likeness (QED) is 0.720. The molecule has 1 aromatic carbocycles. The summed E-state index contributed by atoms with van der Waals surface area (Å²) >= 11 is 7.46. The van der Waals surface area contributed by atoms with Crippen LogP contribution in [-0.4, -0.2) is 27.4 Å². The second-order valence-corrected chi connectivity index (χ2v) is 8.05. The third-order valence-corrected chi connectivity index (χ3v) is 5.70. The maximum atomic E-state index is 12.6. The largest absolute Gasteiger partial charge is 0.321 e. The van der Waals surface area contributed by atoms with Gasteiger partial charge in [0.15, 0.2) is 5.69 Å². The molecule has 0 saturated heterocycles. The van der Waals surface area contributed by atoms with Gasteiger partial charge in [-0.25, -0.2) is 4.68 Å². The van der Waals surface area contributed by atoms with Gasteiger partial charge in [-0.05, 0) is 55.3 Å². The molecule has 2 N–H and O–H groups in total. The fourth-order valence-electron chi connectivity index (χ4n) is 3.05. The molecule has 134 valence electrons. The molecule has 1 aliphatic rings. The molecule has 0 radical (unpaired) electrons. The molecule has 2 aromatic heterocycles. The van der Waals surface area contributed by atoms with Crippen LogP contribution in [0.3, 0.4) is 0 Å². The van der Waals surface area contributed by atoms with Crippen LogP contribution in [0.4, 0.5) is 5.69 Å². The molecule has 1 amide bonds. The molecule has 1 aliphatic heterocycles. The van der Waals surface area contributed by atoms with Crippen molar-refractivity contribution in [3.8, 4) is 0 Å². The van der Waals surface area contributed by atoms with Crippen LogP contribution < -0.4 is 10.6 Å². The third-order valence-electron chi connectivity index (χ3n) is 4.48. The molecular weight excluding hydrogens is 370 g/mol. The summed E-state index contributed by atoms with van der Waals surface area (Å²) in [6, 6.07) is 9.84. The highest BCUT2D eigenvalue weighted by Gasteiger charge is 2.18. The first-order valence-electron chi connectivity index (χ1n) is 8.38. The predicted molar refractivity (Wildman–Crippen MR) is 103 cm³/mol. The Morgan fingerprint density at radius 2 is 2.23 bits per heavy atom. The number of halogens is 1. The van der Waals surface area contributed by atoms with Crippen molar-refractivity contribution in [1.82, 2.24) is 20.3 Å². The number of thiophene rings is 1. The lowest BCUT2D eigenvalue weighted by molar-refractivity contribution is 0.102. The van der Waals surface area contributed by atoms with Crippen molar-refractivity contribution in [1.29, 1.82) is 0 Å². The van der Waals surface area contributed by atoms with Crippen LogP contribution in [0.2, 0.25) is 4.34 Å². The number of nitrogens with one attached hydrogen (secondary N) is 2. The van der Waals surface area contributed by atoms with E-state index in [-0.39, 0.29) is 5.91 Å². The minimum Gasteiger partial charge on any atom is -0.321 e. The van der Waals surface area contributed by atoms with Crippen molar-refractivity contribution in [3.05, 3.63) is 62.1 Å². The van der Waals surface area contributed by atoms with E-state index in [0.29, 0.717) is 12.2 Å². The number of fused-ring (bicyclic) bond motifs is 1. The number of carbonyl (C=O) groups excluding carboxylic acids is 1. The number of carbonyl (C=O) groups is 1. The van der Waals surface area contributed by atoms with E-state index >= 15 is 0 Å². The number of hydrogen-bond acceptors (Lipinski definition) is 5. The topological polar surface area (TPSA) is 71.8 Å². The minimum atomic E-state index is -0.244. The van der Waals surface area contributed by atoms with Crippen molar-refractivity contribution < 1.29 is 4.79 Å². The van der Waals surface area contributed by atoms with Crippen molar-refractivity contribution >= 4 is 34.5 Å². The molecule has 0 bridgehead atoms. The van der Waals surface area contributed by atoms with Crippen molar-refractivity contribution in [2.24, 2.45) is 0 Å². The van der Waals surface area contributed by atoms with E-state index in [0.717, 1.165) is 40.1 Å². The summed E-state index contributed by atoms with van der Waals surface area (Å²) in [5.74, 6) is -0.244. The Bertz CT molecular complexity index is 964. The van der Waals surface area contributed by atoms with E-state index in [4.69, 9.17) is 11.6 Å². The van der Waals surface area contributed by atoms with Gasteiger partial charge in [0.1, 0.15) is 0 Å². The molecule has 26 heavy (non-hydrogen) atoms. The smallest absolute Gasteiger partial charge is 0.278 e. The average Bonchev–Trinajstić information content (AvgIpc) is 3.21. The normalized spacial score (nSPS) is 13.5. The summed E-state index contributed by atoms with van der Waals surface area (Å²) in [5, 5.41) is 14.5. The SMILES string of the molecule is Cc1c(C(=O)Nc2ccc3c(c2)CCNC3)nnn1Cc1ccc(Cl)s1. The summed E-state index contributed by atoms with van der Waals surface area (Å²) in [6.45, 7) is 4.24. The van der Waals surface area contributed by atoms with Gasteiger partial charge in [0.05, 0.1) is 16.6 Å². The number of anilines is 1. The fraction of sp³-hybridized carbons (Fsp3) is 0.278. The highest BCUT2D eigenvalue weighted by molar-refractivity contribution is 7.16. The van der Waals surface area contributed by atoms with Crippen LogP contribution in [0.5, 0.6) is 0 Å². The zero-order valence-corrected chi connectivity index (χ0v) is 15.8. The molecule has 0 aliphatic carbocycles. The Balaban J connectivity index is 1.50. The average molecular weight is 388 g/mol. The standard InChI is InChI=1S/C18H18ClN5OS/c1-11-17(22-23-24(11)10-15-4-5-16(19)26-15)18(25)21-14-3-2-13-9-20-7-6-12(13)8-14/h2-5,8,20H,6-7,9-10H2,1H3,(H,21,25). The minimum absolute atomic E-state index is 0.244. The number of benzene rings is 1. The summed E-state index contributed by atoms with van der Waals surface area (Å²) in [7, 11) is 0. The van der Waals surface area contributed by atoms with Crippen LogP contribution in [0, 0.1) is 6.92 Å². The highest BCUT2D eigenvalue weighted by Crippen LogP contribution is 2.23. The number of hydrogen-bond donors (Lipinski definition) is 2. The molecule has 3 aromatic rings. The first-order chi connectivity index (χ1) is 12.6. The molecular formula is C18H18ClN5OS. The van der Waals surface area contributed by atoms with Crippen molar-refractivity contribution in [2.75, 3.05) is 11.9 Å². The molecule has 8 heteroatoms. The Morgan fingerprint density at radius 1 is 1.35 bits per heavy atom. The number of aromatic nitrogens is 3. The Labute approximate surface area is 160 Å². The first kappa shape index (κ1) is 17.2. The Hall–Kier alpha value is -2.22. The monoisotopic (exact) mass is 387 g/mol. The summed E-state index contributed by atoms with van der Waals surface area (Å²) in [4.78, 5) is 13.7. The summed E-state index contributed by atoms with van der Waals surface area (Å²) in [5.41, 5.74) is 4.42. The van der Waals surface area contributed by atoms with E-state index in [1.54, 1.807) is 4.68 Å². The van der Waals surface area contributed by atoms with E-state index in [2.05, 4.69) is 27.0 Å². The zero-order chi connectivity index (χ0) is 18.1. The lowest BCUT2D eigenvalue weighted by Crippen LogP contribution is -2.23. The van der Waals surface area contributed by atoms with E-state index < -0.39 is 0 Å². The van der Waals surface area contributed by atoms with E-state index in [9.17, 15) is 4.79 Å². The van der Waals surface area contributed by atoms with Crippen LogP contribution in [-0.2, 0) is 19.5 Å². The van der Waals surface area contributed by atoms with E-state index in [1.165, 1.54) is 22.5 Å². The zero-order valence-electron chi connectivity index (χ0n) is 14.3. The maximum Gasteiger partial charge on any atom is 0.278 e. The first-order valence-corrected chi connectivity index (χ1v) is 9.58. The van der Waals surface area contributed by atoms with Gasteiger partial charge in [-0.3, -0.25) is 4.79 Å². The molecule has 0 atom stereocenters. The predicted octanol–water partition coefficient (Wildman–Crippen LogP) is 3.25. The highest BCUT2D eigenvalue weighted by atomic mass is 35.5. The van der Waals surface area contributed by atoms with Gasteiger partial charge in [0, 0.05) is 17.1 Å². The Morgan fingerprint density at radius 3 is 3.04 bits per heavy atom. The molecule has 6 nitrogen and oxygen atoms in total. The summed E-state index contributed by atoms with van der Waals surface area (Å²) < 4.78 is 2.45. The van der Waals surface area contributed by atoms with Gasteiger partial charge in [-0.2, -0.15) is 0 Å². The second-order valence-electron chi connectivity index (χ2n) is 6.25. The Kier molecular flexibility index (Phi) is 4.76. The summed E-state index contributed by atoms with van der Waals surface area (Å²) in [6.07, 6.45) is 0.970. The van der Waals surface area contributed by atoms with E-state index in [1.807, 2.05) is 31.2 Å².